The van der Waals surface area contributed by atoms with E-state index >= 15 is 0 Å². The van der Waals surface area contributed by atoms with Crippen molar-refractivity contribution >= 4 is 0 Å². The highest BCUT2D eigenvalue weighted by Crippen LogP contribution is 2.31. The van der Waals surface area contributed by atoms with Crippen LogP contribution < -0.4 is 10.1 Å². The van der Waals surface area contributed by atoms with Crippen molar-refractivity contribution in [2.75, 3.05) is 20.2 Å². The molecule has 110 valence electrons. The van der Waals surface area contributed by atoms with Gasteiger partial charge in [0.05, 0.1) is 7.11 Å². The topological polar surface area (TPSA) is 21.3 Å². The Kier molecular flexibility index (Phi) is 4.26. The van der Waals surface area contributed by atoms with E-state index in [-0.39, 0.29) is 0 Å². The van der Waals surface area contributed by atoms with Gasteiger partial charge >= 0.3 is 0 Å². The molecule has 1 N–H and O–H groups in total. The van der Waals surface area contributed by atoms with Gasteiger partial charge in [0.2, 0.25) is 0 Å². The fourth-order valence-corrected chi connectivity index (χ4v) is 3.16. The van der Waals surface area contributed by atoms with Gasteiger partial charge in [0.1, 0.15) is 5.75 Å². The van der Waals surface area contributed by atoms with Crippen LogP contribution in [0, 0.1) is 0 Å². The third-order valence-electron chi connectivity index (χ3n) is 4.33. The Morgan fingerprint density at radius 2 is 2.00 bits per heavy atom. The van der Waals surface area contributed by atoms with E-state index in [2.05, 4.69) is 54.7 Å². The smallest absolute Gasteiger partial charge is 0.122 e. The number of fused-ring (bicyclic) bond motifs is 1. The summed E-state index contributed by atoms with van der Waals surface area (Å²) in [4.78, 5) is 0. The van der Waals surface area contributed by atoms with Gasteiger partial charge in [-0.15, -0.1) is 0 Å². The highest BCUT2D eigenvalue weighted by Gasteiger charge is 2.17. The first kappa shape index (κ1) is 14.2. The van der Waals surface area contributed by atoms with Crippen LogP contribution in [0.2, 0.25) is 0 Å². The lowest BCUT2D eigenvalue weighted by Crippen LogP contribution is -2.18. The summed E-state index contributed by atoms with van der Waals surface area (Å²) in [6, 6.07) is 15.2. The van der Waals surface area contributed by atoms with Crippen LogP contribution in [0.1, 0.15) is 35.1 Å². The highest BCUT2D eigenvalue weighted by atomic mass is 16.5. The number of nitrogens with one attached hydrogen (secondary N) is 1. The molecule has 0 fully saturated rings. The molecule has 1 heterocycles. The van der Waals surface area contributed by atoms with Crippen molar-refractivity contribution in [1.82, 2.24) is 5.32 Å². The summed E-state index contributed by atoms with van der Waals surface area (Å²) in [6.45, 7) is 4.42. The highest BCUT2D eigenvalue weighted by molar-refractivity contribution is 5.47. The molecule has 2 heteroatoms. The third kappa shape index (κ3) is 3.11. The van der Waals surface area contributed by atoms with Crippen LogP contribution in [0.25, 0.3) is 0 Å². The van der Waals surface area contributed by atoms with E-state index in [0.29, 0.717) is 5.92 Å². The van der Waals surface area contributed by atoms with E-state index < -0.39 is 0 Å². The van der Waals surface area contributed by atoms with Crippen LogP contribution in [-0.4, -0.2) is 20.2 Å². The Bertz CT molecular complexity index is 606. The first-order valence-electron chi connectivity index (χ1n) is 7.72. The van der Waals surface area contributed by atoms with E-state index in [0.717, 1.165) is 31.7 Å². The molecule has 21 heavy (non-hydrogen) atoms. The van der Waals surface area contributed by atoms with Gasteiger partial charge in [-0.1, -0.05) is 43.3 Å². The number of benzene rings is 2. The molecule has 0 amide bonds. The van der Waals surface area contributed by atoms with E-state index in [1.165, 1.54) is 22.3 Å². The molecule has 0 saturated heterocycles. The zero-order chi connectivity index (χ0) is 14.7. The van der Waals surface area contributed by atoms with Crippen molar-refractivity contribution in [3.8, 4) is 5.75 Å². The lowest BCUT2D eigenvalue weighted by molar-refractivity contribution is 0.409. The molecule has 2 aromatic rings. The maximum Gasteiger partial charge on any atom is 0.122 e. The van der Waals surface area contributed by atoms with Crippen LogP contribution in [0.3, 0.4) is 0 Å². The molecule has 0 aliphatic carbocycles. The Balaban J connectivity index is 1.99. The molecule has 2 aromatic carbocycles. The first-order chi connectivity index (χ1) is 10.3. The number of rotatable bonds is 3. The fourth-order valence-electron chi connectivity index (χ4n) is 3.16. The van der Waals surface area contributed by atoms with Crippen molar-refractivity contribution in [3.05, 3.63) is 64.7 Å². The SMILES string of the molecule is COc1cc2c(cc1Cc1ccccc1)C(C)CNCC2. The molecule has 1 aliphatic rings. The summed E-state index contributed by atoms with van der Waals surface area (Å²) in [5.41, 5.74) is 5.53. The average Bonchev–Trinajstić information content (AvgIpc) is 2.69. The monoisotopic (exact) mass is 281 g/mol. The summed E-state index contributed by atoms with van der Waals surface area (Å²) in [5, 5.41) is 3.51. The molecular weight excluding hydrogens is 258 g/mol. The van der Waals surface area contributed by atoms with Crippen LogP contribution in [0.4, 0.5) is 0 Å². The van der Waals surface area contributed by atoms with Crippen molar-refractivity contribution in [2.24, 2.45) is 0 Å². The molecule has 3 rings (SSSR count). The molecule has 0 saturated carbocycles. The van der Waals surface area contributed by atoms with Crippen LogP contribution in [0.5, 0.6) is 5.75 Å². The lowest BCUT2D eigenvalue weighted by atomic mass is 9.91. The normalized spacial score (nSPS) is 17.9. The molecular formula is C19H23NO. The Hall–Kier alpha value is -1.80. The number of hydrogen-bond acceptors (Lipinski definition) is 2. The summed E-state index contributed by atoms with van der Waals surface area (Å²) in [6.07, 6.45) is 2.01. The summed E-state index contributed by atoms with van der Waals surface area (Å²) in [7, 11) is 1.77. The van der Waals surface area contributed by atoms with Crippen molar-refractivity contribution in [1.29, 1.82) is 0 Å². The molecule has 0 spiro atoms. The van der Waals surface area contributed by atoms with Gasteiger partial charge in [0.25, 0.3) is 0 Å². The lowest BCUT2D eigenvalue weighted by Gasteiger charge is -2.17. The van der Waals surface area contributed by atoms with Gasteiger partial charge in [-0.3, -0.25) is 0 Å². The molecule has 2 nitrogen and oxygen atoms in total. The second kappa shape index (κ2) is 6.31. The summed E-state index contributed by atoms with van der Waals surface area (Å²) < 4.78 is 5.64. The minimum absolute atomic E-state index is 0.558. The maximum absolute atomic E-state index is 5.64. The quantitative estimate of drug-likeness (QED) is 0.929. The van der Waals surface area contributed by atoms with Crippen LogP contribution in [0.15, 0.2) is 42.5 Å². The van der Waals surface area contributed by atoms with Gasteiger partial charge in [-0.2, -0.15) is 0 Å². The van der Waals surface area contributed by atoms with Gasteiger partial charge in [0, 0.05) is 13.0 Å². The maximum atomic E-state index is 5.64. The van der Waals surface area contributed by atoms with Gasteiger partial charge in [0.15, 0.2) is 0 Å². The summed E-state index contributed by atoms with van der Waals surface area (Å²) >= 11 is 0. The predicted molar refractivity (Wildman–Crippen MR) is 87.2 cm³/mol. The van der Waals surface area contributed by atoms with E-state index in [9.17, 15) is 0 Å². The van der Waals surface area contributed by atoms with E-state index in [1.807, 2.05) is 0 Å². The third-order valence-corrected chi connectivity index (χ3v) is 4.33. The minimum Gasteiger partial charge on any atom is -0.496 e. The zero-order valence-corrected chi connectivity index (χ0v) is 12.9. The first-order valence-corrected chi connectivity index (χ1v) is 7.72. The van der Waals surface area contributed by atoms with E-state index in [4.69, 9.17) is 4.74 Å². The molecule has 0 aromatic heterocycles. The van der Waals surface area contributed by atoms with Gasteiger partial charge in [-0.05, 0) is 47.2 Å². The van der Waals surface area contributed by atoms with Gasteiger partial charge in [-0.25, -0.2) is 0 Å². The van der Waals surface area contributed by atoms with Crippen LogP contribution in [-0.2, 0) is 12.8 Å². The number of hydrogen-bond donors (Lipinski definition) is 1. The minimum atomic E-state index is 0.558. The second-order valence-electron chi connectivity index (χ2n) is 5.88. The standard InChI is InChI=1S/C19H23NO/c1-14-13-20-9-8-16-12-19(21-2)17(11-18(14)16)10-15-6-4-3-5-7-15/h3-7,11-12,14,20H,8-10,13H2,1-2H3. The van der Waals surface area contributed by atoms with Gasteiger partial charge < -0.3 is 10.1 Å². The second-order valence-corrected chi connectivity index (χ2v) is 5.88. The van der Waals surface area contributed by atoms with Crippen LogP contribution >= 0.6 is 0 Å². The largest absolute Gasteiger partial charge is 0.496 e. The Labute approximate surface area is 127 Å². The molecule has 1 aliphatic heterocycles. The van der Waals surface area contributed by atoms with Crippen molar-refractivity contribution < 1.29 is 4.74 Å². The zero-order valence-electron chi connectivity index (χ0n) is 12.9. The summed E-state index contributed by atoms with van der Waals surface area (Å²) in [5.74, 6) is 1.58. The molecule has 0 bridgehead atoms. The average molecular weight is 281 g/mol. The fraction of sp³-hybridized carbons (Fsp3) is 0.368. The van der Waals surface area contributed by atoms with Crippen molar-refractivity contribution in [3.63, 3.8) is 0 Å². The molecule has 1 atom stereocenters. The molecule has 0 radical (unpaired) electrons. The Morgan fingerprint density at radius 1 is 1.19 bits per heavy atom. The van der Waals surface area contributed by atoms with E-state index in [1.54, 1.807) is 7.11 Å². The predicted octanol–water partition coefficient (Wildman–Crippen LogP) is 3.54. The number of ether oxygens (including phenoxy) is 1. The molecule has 1 unspecified atom stereocenters. The number of methoxy groups -OCH3 is 1. The van der Waals surface area contributed by atoms with Crippen molar-refractivity contribution in [2.45, 2.75) is 25.7 Å². The Morgan fingerprint density at radius 3 is 2.76 bits per heavy atom.